The van der Waals surface area contributed by atoms with Crippen LogP contribution in [0.1, 0.15) is 5.56 Å². The number of anilines is 1. The van der Waals surface area contributed by atoms with E-state index >= 15 is 0 Å². The number of nitriles is 1. The first kappa shape index (κ1) is 18.5. The zero-order valence-electron chi connectivity index (χ0n) is 13.9. The Kier molecular flexibility index (Phi) is 6.28. The van der Waals surface area contributed by atoms with Gasteiger partial charge in [-0.05, 0) is 23.8 Å². The normalized spacial score (nSPS) is 10.5. The number of carbonyl (C=O) groups excluding carboxylic acids is 1. The highest BCUT2D eigenvalue weighted by molar-refractivity contribution is 6.06. The van der Waals surface area contributed by atoms with Crippen LogP contribution >= 0.6 is 0 Å². The van der Waals surface area contributed by atoms with Crippen LogP contribution in [0, 0.1) is 21.4 Å². The number of methoxy groups -OCH3 is 1. The van der Waals surface area contributed by atoms with Crippen LogP contribution in [-0.2, 0) is 11.3 Å². The second kappa shape index (κ2) is 8.84. The third-order valence-electron chi connectivity index (χ3n) is 3.39. The Morgan fingerprint density at radius 3 is 2.65 bits per heavy atom. The van der Waals surface area contributed by atoms with E-state index in [1.807, 2.05) is 12.1 Å². The molecule has 8 nitrogen and oxygen atoms in total. The molecule has 0 aliphatic carbocycles. The Labute approximate surface area is 149 Å². The Balaban J connectivity index is 1.99. The van der Waals surface area contributed by atoms with Crippen molar-refractivity contribution in [3.05, 3.63) is 76.0 Å². The third kappa shape index (κ3) is 5.07. The van der Waals surface area contributed by atoms with Gasteiger partial charge in [-0.25, -0.2) is 0 Å². The number of nitro groups is 1. The fraction of sp³-hybridized carbons (Fsp3) is 0.111. The number of hydrogen-bond donors (Lipinski definition) is 2. The molecule has 2 aromatic carbocycles. The molecule has 0 fully saturated rings. The van der Waals surface area contributed by atoms with E-state index in [1.165, 1.54) is 30.5 Å². The minimum Gasteiger partial charge on any atom is -0.497 e. The third-order valence-corrected chi connectivity index (χ3v) is 3.39. The van der Waals surface area contributed by atoms with E-state index in [1.54, 1.807) is 25.3 Å². The molecule has 0 aliphatic rings. The van der Waals surface area contributed by atoms with Gasteiger partial charge in [0.05, 0.1) is 12.0 Å². The van der Waals surface area contributed by atoms with Crippen LogP contribution in [0.25, 0.3) is 0 Å². The lowest BCUT2D eigenvalue weighted by molar-refractivity contribution is -0.384. The number of nitro benzene ring substituents is 1. The van der Waals surface area contributed by atoms with Crippen molar-refractivity contribution in [2.75, 3.05) is 12.4 Å². The largest absolute Gasteiger partial charge is 0.497 e. The Morgan fingerprint density at radius 2 is 2.04 bits per heavy atom. The van der Waals surface area contributed by atoms with Gasteiger partial charge in [-0.3, -0.25) is 14.9 Å². The Morgan fingerprint density at radius 1 is 1.31 bits per heavy atom. The molecule has 0 atom stereocenters. The second-order valence-electron chi connectivity index (χ2n) is 5.16. The fourth-order valence-corrected chi connectivity index (χ4v) is 2.06. The molecule has 26 heavy (non-hydrogen) atoms. The SMILES string of the molecule is COc1ccc(CN/C=C(/C#N)C(=O)Nc2cccc([N+](=O)[O-])c2)cc1. The predicted molar refractivity (Wildman–Crippen MR) is 95.3 cm³/mol. The standard InChI is InChI=1S/C18H16N4O4/c1-26-17-7-5-13(6-8-17)11-20-12-14(10-19)18(23)21-15-3-2-4-16(9-15)22(24)25/h2-9,12,20H,11H2,1H3,(H,21,23)/b14-12-. The van der Waals surface area contributed by atoms with Crippen molar-refractivity contribution in [1.29, 1.82) is 5.26 Å². The minimum absolute atomic E-state index is 0.148. The first-order valence-electron chi connectivity index (χ1n) is 7.56. The number of rotatable bonds is 7. The summed E-state index contributed by atoms with van der Waals surface area (Å²) in [7, 11) is 1.58. The zero-order chi connectivity index (χ0) is 18.9. The fourth-order valence-electron chi connectivity index (χ4n) is 2.06. The average Bonchev–Trinajstić information content (AvgIpc) is 2.65. The molecule has 0 radical (unpaired) electrons. The summed E-state index contributed by atoms with van der Waals surface area (Å²) in [4.78, 5) is 22.3. The molecule has 0 spiro atoms. The summed E-state index contributed by atoms with van der Waals surface area (Å²) in [6, 6.07) is 14.6. The number of non-ortho nitro benzene ring substituents is 1. The van der Waals surface area contributed by atoms with Gasteiger partial charge in [0.25, 0.3) is 11.6 Å². The number of hydrogen-bond acceptors (Lipinski definition) is 6. The number of amides is 1. The summed E-state index contributed by atoms with van der Waals surface area (Å²) in [5.41, 5.74) is 0.881. The highest BCUT2D eigenvalue weighted by Crippen LogP contribution is 2.17. The lowest BCUT2D eigenvalue weighted by Crippen LogP contribution is -2.16. The highest BCUT2D eigenvalue weighted by Gasteiger charge is 2.11. The van der Waals surface area contributed by atoms with Gasteiger partial charge in [0.1, 0.15) is 17.4 Å². The van der Waals surface area contributed by atoms with Gasteiger partial charge in [0.15, 0.2) is 0 Å². The number of ether oxygens (including phenoxy) is 1. The maximum atomic E-state index is 12.1. The summed E-state index contributed by atoms with van der Waals surface area (Å²) in [6.45, 7) is 0.416. The first-order chi connectivity index (χ1) is 12.5. The molecule has 1 amide bonds. The second-order valence-corrected chi connectivity index (χ2v) is 5.16. The van der Waals surface area contributed by atoms with Gasteiger partial charge >= 0.3 is 0 Å². The van der Waals surface area contributed by atoms with E-state index in [0.29, 0.717) is 6.54 Å². The molecular formula is C18H16N4O4. The van der Waals surface area contributed by atoms with E-state index in [9.17, 15) is 14.9 Å². The summed E-state index contributed by atoms with van der Waals surface area (Å²) >= 11 is 0. The Hall–Kier alpha value is -3.86. The van der Waals surface area contributed by atoms with Crippen molar-refractivity contribution in [3.8, 4) is 11.8 Å². The van der Waals surface area contributed by atoms with Crippen LogP contribution in [0.2, 0.25) is 0 Å². The van der Waals surface area contributed by atoms with Gasteiger partial charge in [0, 0.05) is 30.6 Å². The minimum atomic E-state index is -0.657. The van der Waals surface area contributed by atoms with Crippen molar-refractivity contribution in [2.45, 2.75) is 6.54 Å². The molecule has 0 saturated carbocycles. The van der Waals surface area contributed by atoms with E-state index in [-0.39, 0.29) is 16.9 Å². The molecule has 0 unspecified atom stereocenters. The number of benzene rings is 2. The lowest BCUT2D eigenvalue weighted by atomic mass is 10.2. The molecule has 0 aromatic heterocycles. The number of carbonyl (C=O) groups is 1. The molecule has 2 N–H and O–H groups in total. The van der Waals surface area contributed by atoms with Gasteiger partial charge < -0.3 is 15.4 Å². The van der Waals surface area contributed by atoms with Crippen molar-refractivity contribution in [2.24, 2.45) is 0 Å². The topological polar surface area (TPSA) is 117 Å². The molecule has 2 aromatic rings. The summed E-state index contributed by atoms with van der Waals surface area (Å²) in [6.07, 6.45) is 1.30. The van der Waals surface area contributed by atoms with Gasteiger partial charge in [-0.15, -0.1) is 0 Å². The molecule has 132 valence electrons. The quantitative estimate of drug-likeness (QED) is 0.342. The van der Waals surface area contributed by atoms with Crippen LogP contribution in [0.5, 0.6) is 5.75 Å². The van der Waals surface area contributed by atoms with E-state index in [4.69, 9.17) is 10.00 Å². The maximum Gasteiger partial charge on any atom is 0.271 e. The van der Waals surface area contributed by atoms with Crippen molar-refractivity contribution in [3.63, 3.8) is 0 Å². The van der Waals surface area contributed by atoms with Crippen LogP contribution in [0.3, 0.4) is 0 Å². The molecule has 0 aliphatic heterocycles. The van der Waals surface area contributed by atoms with Gasteiger partial charge in [-0.1, -0.05) is 18.2 Å². The molecular weight excluding hydrogens is 336 g/mol. The van der Waals surface area contributed by atoms with Crippen LogP contribution in [-0.4, -0.2) is 17.9 Å². The highest BCUT2D eigenvalue weighted by atomic mass is 16.6. The Bertz CT molecular complexity index is 870. The average molecular weight is 352 g/mol. The predicted octanol–water partition coefficient (Wildman–Crippen LogP) is 2.74. The first-order valence-corrected chi connectivity index (χ1v) is 7.56. The molecule has 0 bridgehead atoms. The molecule has 2 rings (SSSR count). The zero-order valence-corrected chi connectivity index (χ0v) is 13.9. The van der Waals surface area contributed by atoms with Gasteiger partial charge in [0.2, 0.25) is 0 Å². The van der Waals surface area contributed by atoms with E-state index < -0.39 is 10.8 Å². The molecule has 0 heterocycles. The van der Waals surface area contributed by atoms with Crippen LogP contribution in [0.4, 0.5) is 11.4 Å². The van der Waals surface area contributed by atoms with Crippen molar-refractivity contribution >= 4 is 17.3 Å². The summed E-state index contributed by atoms with van der Waals surface area (Å²) in [5.74, 6) is 0.0774. The smallest absolute Gasteiger partial charge is 0.271 e. The lowest BCUT2D eigenvalue weighted by Gasteiger charge is -2.06. The van der Waals surface area contributed by atoms with Crippen molar-refractivity contribution < 1.29 is 14.5 Å². The summed E-state index contributed by atoms with van der Waals surface area (Å²) in [5, 5.41) is 25.2. The monoisotopic (exact) mass is 352 g/mol. The van der Waals surface area contributed by atoms with Crippen LogP contribution in [0.15, 0.2) is 60.3 Å². The molecule has 8 heteroatoms. The van der Waals surface area contributed by atoms with E-state index in [0.717, 1.165) is 11.3 Å². The number of nitrogens with one attached hydrogen (secondary N) is 2. The van der Waals surface area contributed by atoms with Gasteiger partial charge in [-0.2, -0.15) is 5.26 Å². The molecule has 0 saturated heterocycles. The van der Waals surface area contributed by atoms with Crippen molar-refractivity contribution in [1.82, 2.24) is 5.32 Å². The number of nitrogens with zero attached hydrogens (tertiary/aromatic N) is 2. The summed E-state index contributed by atoms with van der Waals surface area (Å²) < 4.78 is 5.07. The maximum absolute atomic E-state index is 12.1. The van der Waals surface area contributed by atoms with E-state index in [2.05, 4.69) is 10.6 Å². The van der Waals surface area contributed by atoms with Crippen LogP contribution < -0.4 is 15.4 Å².